The first-order valence-corrected chi connectivity index (χ1v) is 5.75. The van der Waals surface area contributed by atoms with Crippen LogP contribution in [0.4, 0.5) is 4.39 Å². The van der Waals surface area contributed by atoms with E-state index in [2.05, 4.69) is 10.3 Å². The molecule has 8 heteroatoms. The Labute approximate surface area is 113 Å². The fourth-order valence-corrected chi connectivity index (χ4v) is 1.62. The Kier molecular flexibility index (Phi) is 3.94. The number of hydrogen-bond donors (Lipinski definition) is 2. The molecule has 0 aliphatic carbocycles. The SMILES string of the molecule is COc1cc(-n2cc(CC(N)C(=O)O)nn2)ccc1F. The van der Waals surface area contributed by atoms with Crippen molar-refractivity contribution < 1.29 is 19.0 Å². The molecule has 3 N–H and O–H groups in total. The van der Waals surface area contributed by atoms with Crippen molar-refractivity contribution >= 4 is 5.97 Å². The number of aromatic nitrogens is 3. The highest BCUT2D eigenvalue weighted by atomic mass is 19.1. The van der Waals surface area contributed by atoms with Gasteiger partial charge in [0.15, 0.2) is 11.6 Å². The monoisotopic (exact) mass is 280 g/mol. The van der Waals surface area contributed by atoms with E-state index >= 15 is 0 Å². The molecular weight excluding hydrogens is 267 g/mol. The molecule has 2 aromatic rings. The summed E-state index contributed by atoms with van der Waals surface area (Å²) in [6, 6.07) is 3.18. The summed E-state index contributed by atoms with van der Waals surface area (Å²) in [5.41, 5.74) is 6.40. The molecule has 0 aliphatic rings. The van der Waals surface area contributed by atoms with Gasteiger partial charge in [0.05, 0.1) is 24.7 Å². The van der Waals surface area contributed by atoms with Crippen molar-refractivity contribution in [3.63, 3.8) is 0 Å². The van der Waals surface area contributed by atoms with Crippen LogP contribution in [-0.2, 0) is 11.2 Å². The fourth-order valence-electron chi connectivity index (χ4n) is 1.62. The Bertz CT molecular complexity index is 629. The second kappa shape index (κ2) is 5.66. The van der Waals surface area contributed by atoms with E-state index in [4.69, 9.17) is 15.6 Å². The van der Waals surface area contributed by atoms with Crippen molar-refractivity contribution in [2.75, 3.05) is 7.11 Å². The Hall–Kier alpha value is -2.48. The molecule has 0 aliphatic heterocycles. The normalized spacial score (nSPS) is 12.2. The van der Waals surface area contributed by atoms with Gasteiger partial charge in [-0.25, -0.2) is 9.07 Å². The van der Waals surface area contributed by atoms with Gasteiger partial charge in [0.1, 0.15) is 6.04 Å². The van der Waals surface area contributed by atoms with E-state index in [1.807, 2.05) is 0 Å². The van der Waals surface area contributed by atoms with Gasteiger partial charge in [-0.2, -0.15) is 0 Å². The molecule has 7 nitrogen and oxygen atoms in total. The quantitative estimate of drug-likeness (QED) is 0.820. The number of carbonyl (C=O) groups is 1. The van der Waals surface area contributed by atoms with Crippen molar-refractivity contribution in [2.45, 2.75) is 12.5 Å². The molecule has 1 aromatic heterocycles. The Morgan fingerprint density at radius 3 is 3.00 bits per heavy atom. The van der Waals surface area contributed by atoms with Crippen LogP contribution in [-0.4, -0.2) is 39.2 Å². The maximum absolute atomic E-state index is 13.3. The molecule has 0 radical (unpaired) electrons. The molecule has 20 heavy (non-hydrogen) atoms. The van der Waals surface area contributed by atoms with Crippen LogP contribution in [0.15, 0.2) is 24.4 Å². The van der Waals surface area contributed by atoms with Gasteiger partial charge >= 0.3 is 5.97 Å². The zero-order chi connectivity index (χ0) is 14.7. The van der Waals surface area contributed by atoms with Gasteiger partial charge in [-0.3, -0.25) is 4.79 Å². The summed E-state index contributed by atoms with van der Waals surface area (Å²) in [7, 11) is 1.36. The topological polar surface area (TPSA) is 103 Å². The summed E-state index contributed by atoms with van der Waals surface area (Å²) >= 11 is 0. The molecule has 1 aromatic carbocycles. The van der Waals surface area contributed by atoms with E-state index < -0.39 is 17.8 Å². The average Bonchev–Trinajstić information content (AvgIpc) is 2.87. The molecule has 106 valence electrons. The number of aliphatic carboxylic acids is 1. The van der Waals surface area contributed by atoms with Crippen molar-refractivity contribution in [1.82, 2.24) is 15.0 Å². The summed E-state index contributed by atoms with van der Waals surface area (Å²) < 4.78 is 19.6. The minimum atomic E-state index is -1.11. The van der Waals surface area contributed by atoms with Crippen LogP contribution in [0, 0.1) is 5.82 Å². The van der Waals surface area contributed by atoms with E-state index in [0.717, 1.165) is 0 Å². The molecule has 1 heterocycles. The van der Waals surface area contributed by atoms with Gasteiger partial charge < -0.3 is 15.6 Å². The first-order chi connectivity index (χ1) is 9.51. The summed E-state index contributed by atoms with van der Waals surface area (Å²) in [5, 5.41) is 16.4. The van der Waals surface area contributed by atoms with Crippen LogP contribution in [0.3, 0.4) is 0 Å². The molecule has 2 rings (SSSR count). The maximum atomic E-state index is 13.3. The lowest BCUT2D eigenvalue weighted by atomic mass is 10.2. The van der Waals surface area contributed by atoms with Gasteiger partial charge in [-0.05, 0) is 12.1 Å². The number of rotatable bonds is 5. The minimum absolute atomic E-state index is 0.0632. The molecule has 0 spiro atoms. The van der Waals surface area contributed by atoms with Gasteiger partial charge in [-0.1, -0.05) is 5.21 Å². The maximum Gasteiger partial charge on any atom is 0.320 e. The van der Waals surface area contributed by atoms with E-state index in [0.29, 0.717) is 11.4 Å². The predicted molar refractivity (Wildman–Crippen MR) is 67.2 cm³/mol. The zero-order valence-electron chi connectivity index (χ0n) is 10.7. The van der Waals surface area contributed by atoms with E-state index in [-0.39, 0.29) is 12.2 Å². The fraction of sp³-hybridized carbons (Fsp3) is 0.250. The van der Waals surface area contributed by atoms with Crippen LogP contribution in [0.1, 0.15) is 5.69 Å². The number of halogens is 1. The number of methoxy groups -OCH3 is 1. The molecule has 0 saturated carbocycles. The molecule has 0 fully saturated rings. The van der Waals surface area contributed by atoms with Crippen molar-refractivity contribution in [2.24, 2.45) is 5.73 Å². The largest absolute Gasteiger partial charge is 0.494 e. The molecule has 1 unspecified atom stereocenters. The first kappa shape index (κ1) is 13.9. The summed E-state index contributed by atoms with van der Waals surface area (Å²) in [6.07, 6.45) is 1.60. The third-order valence-electron chi connectivity index (χ3n) is 2.69. The van der Waals surface area contributed by atoms with Crippen LogP contribution >= 0.6 is 0 Å². The van der Waals surface area contributed by atoms with Crippen LogP contribution in [0.5, 0.6) is 5.75 Å². The Morgan fingerprint density at radius 2 is 2.35 bits per heavy atom. The van der Waals surface area contributed by atoms with Crippen molar-refractivity contribution in [1.29, 1.82) is 0 Å². The number of carboxylic acids is 1. The third kappa shape index (κ3) is 2.91. The lowest BCUT2D eigenvalue weighted by Crippen LogP contribution is -2.32. The smallest absolute Gasteiger partial charge is 0.320 e. The van der Waals surface area contributed by atoms with Gasteiger partial charge in [-0.15, -0.1) is 5.10 Å². The van der Waals surface area contributed by atoms with Crippen LogP contribution in [0.2, 0.25) is 0 Å². The zero-order valence-corrected chi connectivity index (χ0v) is 10.7. The van der Waals surface area contributed by atoms with Gasteiger partial charge in [0.2, 0.25) is 0 Å². The summed E-state index contributed by atoms with van der Waals surface area (Å²) in [6.45, 7) is 0. The highest BCUT2D eigenvalue weighted by Gasteiger charge is 2.15. The molecule has 1 atom stereocenters. The minimum Gasteiger partial charge on any atom is -0.494 e. The Balaban J connectivity index is 2.22. The number of hydrogen-bond acceptors (Lipinski definition) is 5. The first-order valence-electron chi connectivity index (χ1n) is 5.75. The average molecular weight is 280 g/mol. The van der Waals surface area contributed by atoms with E-state index in [1.165, 1.54) is 36.2 Å². The molecule has 0 amide bonds. The predicted octanol–water partition coefficient (Wildman–Crippen LogP) is 0.369. The van der Waals surface area contributed by atoms with Crippen molar-refractivity contribution in [3.8, 4) is 11.4 Å². The molecule has 0 saturated heterocycles. The number of nitrogens with zero attached hydrogens (tertiary/aromatic N) is 3. The van der Waals surface area contributed by atoms with Gasteiger partial charge in [0.25, 0.3) is 0 Å². The van der Waals surface area contributed by atoms with E-state index in [1.54, 1.807) is 0 Å². The molecular formula is C12H13FN4O3. The lowest BCUT2D eigenvalue weighted by molar-refractivity contribution is -0.138. The third-order valence-corrected chi connectivity index (χ3v) is 2.69. The highest BCUT2D eigenvalue weighted by molar-refractivity contribution is 5.73. The lowest BCUT2D eigenvalue weighted by Gasteiger charge is -2.05. The van der Waals surface area contributed by atoms with Crippen LogP contribution in [0.25, 0.3) is 5.69 Å². The number of ether oxygens (including phenoxy) is 1. The molecule has 0 bridgehead atoms. The van der Waals surface area contributed by atoms with Crippen molar-refractivity contribution in [3.05, 3.63) is 35.9 Å². The second-order valence-corrected chi connectivity index (χ2v) is 4.12. The second-order valence-electron chi connectivity index (χ2n) is 4.12. The number of benzene rings is 1. The summed E-state index contributed by atoms with van der Waals surface area (Å²) in [4.78, 5) is 10.7. The van der Waals surface area contributed by atoms with Gasteiger partial charge in [0, 0.05) is 12.5 Å². The standard InChI is InChI=1S/C12H13FN4O3/c1-20-11-5-8(2-3-9(11)13)17-6-7(15-16-17)4-10(14)12(18)19/h2-3,5-6,10H,4,14H2,1H3,(H,18,19). The summed E-state index contributed by atoms with van der Waals surface area (Å²) in [5.74, 6) is -1.51. The van der Waals surface area contributed by atoms with Crippen LogP contribution < -0.4 is 10.5 Å². The Morgan fingerprint density at radius 1 is 1.60 bits per heavy atom. The number of nitrogens with two attached hydrogens (primary N) is 1. The number of carboxylic acid groups (broad SMARTS) is 1. The van der Waals surface area contributed by atoms with E-state index in [9.17, 15) is 9.18 Å². The highest BCUT2D eigenvalue weighted by Crippen LogP contribution is 2.20.